The minimum absolute atomic E-state index is 0.112. The minimum atomic E-state index is -4.38. The number of phenolic OH excluding ortho intramolecular Hbond substituents is 1. The van der Waals surface area contributed by atoms with E-state index in [1.54, 1.807) is 0 Å². The summed E-state index contributed by atoms with van der Waals surface area (Å²) in [5.74, 6) is -0.112. The van der Waals surface area contributed by atoms with Crippen LogP contribution in [0.3, 0.4) is 0 Å². The predicted octanol–water partition coefficient (Wildman–Crippen LogP) is 1.64. The molecule has 94 valence electrons. The second kappa shape index (κ2) is 4.54. The monoisotopic (exact) mass is 246 g/mol. The number of aromatic hydroxyl groups is 1. The highest BCUT2D eigenvalue weighted by molar-refractivity contribution is 5.39. The lowest BCUT2D eigenvalue weighted by Crippen LogP contribution is -2.42. The van der Waals surface area contributed by atoms with Crippen LogP contribution in [0.4, 0.5) is 13.2 Å². The smallest absolute Gasteiger partial charge is 0.416 e. The lowest BCUT2D eigenvalue weighted by atomic mass is 10.0. The number of nitrogens with one attached hydrogen (secondary N) is 2. The Bertz CT molecular complexity index is 400. The van der Waals surface area contributed by atoms with E-state index in [9.17, 15) is 18.3 Å². The van der Waals surface area contributed by atoms with Crippen molar-refractivity contribution in [3.05, 3.63) is 29.3 Å². The molecule has 0 radical (unpaired) electrons. The summed E-state index contributed by atoms with van der Waals surface area (Å²) in [7, 11) is 0. The van der Waals surface area contributed by atoms with Gasteiger partial charge in [0.15, 0.2) is 0 Å². The normalized spacial score (nSPS) is 21.5. The summed E-state index contributed by atoms with van der Waals surface area (Å²) in [6.07, 6.45) is -4.38. The van der Waals surface area contributed by atoms with Crippen LogP contribution in [-0.2, 0) is 6.18 Å². The van der Waals surface area contributed by atoms with Gasteiger partial charge in [-0.2, -0.15) is 13.2 Å². The maximum atomic E-state index is 12.5. The topological polar surface area (TPSA) is 44.3 Å². The molecule has 1 aliphatic heterocycles. The number of alkyl halides is 3. The van der Waals surface area contributed by atoms with Gasteiger partial charge in [0.2, 0.25) is 0 Å². The molecule has 1 fully saturated rings. The van der Waals surface area contributed by atoms with Gasteiger partial charge in [-0.15, -0.1) is 0 Å². The highest BCUT2D eigenvalue weighted by atomic mass is 19.4. The van der Waals surface area contributed by atoms with Crippen molar-refractivity contribution in [2.45, 2.75) is 12.2 Å². The van der Waals surface area contributed by atoms with Crippen LogP contribution in [0.1, 0.15) is 17.2 Å². The van der Waals surface area contributed by atoms with Crippen molar-refractivity contribution < 1.29 is 18.3 Å². The molecule has 6 heteroatoms. The van der Waals surface area contributed by atoms with Crippen LogP contribution in [0.2, 0.25) is 0 Å². The molecule has 3 N–H and O–H groups in total. The van der Waals surface area contributed by atoms with E-state index >= 15 is 0 Å². The zero-order valence-electron chi connectivity index (χ0n) is 9.01. The quantitative estimate of drug-likeness (QED) is 0.706. The molecule has 0 bridgehead atoms. The van der Waals surface area contributed by atoms with Gasteiger partial charge in [-0.05, 0) is 18.2 Å². The van der Waals surface area contributed by atoms with Gasteiger partial charge in [0, 0.05) is 31.2 Å². The van der Waals surface area contributed by atoms with Crippen LogP contribution in [-0.4, -0.2) is 24.7 Å². The largest absolute Gasteiger partial charge is 0.508 e. The minimum Gasteiger partial charge on any atom is -0.508 e. The Balaban J connectivity index is 2.31. The van der Waals surface area contributed by atoms with Crippen molar-refractivity contribution in [2.75, 3.05) is 19.6 Å². The average Bonchev–Trinajstić information content (AvgIpc) is 2.29. The molecule has 0 amide bonds. The Morgan fingerprint density at radius 3 is 2.59 bits per heavy atom. The lowest BCUT2D eigenvalue weighted by Gasteiger charge is -2.26. The van der Waals surface area contributed by atoms with E-state index < -0.39 is 11.7 Å². The molecule has 3 nitrogen and oxygen atoms in total. The first-order valence-corrected chi connectivity index (χ1v) is 5.32. The fourth-order valence-electron chi connectivity index (χ4n) is 1.88. The van der Waals surface area contributed by atoms with Crippen LogP contribution in [0.5, 0.6) is 5.75 Å². The molecule has 0 aliphatic carbocycles. The van der Waals surface area contributed by atoms with Crippen molar-refractivity contribution in [1.82, 2.24) is 10.6 Å². The van der Waals surface area contributed by atoms with E-state index in [4.69, 9.17) is 0 Å². The third-order valence-corrected chi connectivity index (χ3v) is 2.77. The lowest BCUT2D eigenvalue weighted by molar-refractivity contribution is -0.137. The van der Waals surface area contributed by atoms with Crippen molar-refractivity contribution in [1.29, 1.82) is 0 Å². The second-order valence-electron chi connectivity index (χ2n) is 3.98. The van der Waals surface area contributed by atoms with Gasteiger partial charge >= 0.3 is 6.18 Å². The number of piperazine rings is 1. The third kappa shape index (κ3) is 2.70. The van der Waals surface area contributed by atoms with Gasteiger partial charge in [0.1, 0.15) is 5.75 Å². The molecule has 2 rings (SSSR count). The van der Waals surface area contributed by atoms with E-state index in [-0.39, 0.29) is 17.4 Å². The van der Waals surface area contributed by atoms with Crippen molar-refractivity contribution in [3.63, 3.8) is 0 Å². The Hall–Kier alpha value is -1.27. The van der Waals surface area contributed by atoms with E-state index in [1.807, 2.05) is 0 Å². The predicted molar refractivity (Wildman–Crippen MR) is 56.7 cm³/mol. The van der Waals surface area contributed by atoms with Gasteiger partial charge in [-0.25, -0.2) is 0 Å². The number of benzene rings is 1. The molecule has 1 atom stereocenters. The molecule has 0 aromatic heterocycles. The Morgan fingerprint density at radius 1 is 1.24 bits per heavy atom. The van der Waals surface area contributed by atoms with Gasteiger partial charge in [0.25, 0.3) is 0 Å². The average molecular weight is 246 g/mol. The summed E-state index contributed by atoms with van der Waals surface area (Å²) in [5, 5.41) is 15.7. The maximum absolute atomic E-state index is 12.5. The van der Waals surface area contributed by atoms with Crippen molar-refractivity contribution >= 4 is 0 Å². The van der Waals surface area contributed by atoms with Crippen molar-refractivity contribution in [3.8, 4) is 5.75 Å². The fraction of sp³-hybridized carbons (Fsp3) is 0.455. The van der Waals surface area contributed by atoms with Crippen molar-refractivity contribution in [2.24, 2.45) is 0 Å². The first-order chi connectivity index (χ1) is 7.98. The van der Waals surface area contributed by atoms with Crippen LogP contribution < -0.4 is 10.6 Å². The Morgan fingerprint density at radius 2 is 2.00 bits per heavy atom. The number of phenols is 1. The highest BCUT2D eigenvalue weighted by Gasteiger charge is 2.32. The van der Waals surface area contributed by atoms with E-state index in [2.05, 4.69) is 10.6 Å². The summed E-state index contributed by atoms with van der Waals surface area (Å²) in [4.78, 5) is 0. The Labute approximate surface area is 96.6 Å². The zero-order valence-corrected chi connectivity index (χ0v) is 9.01. The molecule has 1 aromatic rings. The molecule has 1 heterocycles. The molecule has 17 heavy (non-hydrogen) atoms. The van der Waals surface area contributed by atoms with E-state index in [0.29, 0.717) is 13.1 Å². The summed E-state index contributed by atoms with van der Waals surface area (Å²) in [6.45, 7) is 1.95. The van der Waals surface area contributed by atoms with E-state index in [0.717, 1.165) is 24.7 Å². The molecule has 1 aromatic carbocycles. The number of rotatable bonds is 1. The summed E-state index contributed by atoms with van der Waals surface area (Å²) >= 11 is 0. The Kier molecular flexibility index (Phi) is 3.26. The van der Waals surface area contributed by atoms with E-state index in [1.165, 1.54) is 0 Å². The highest BCUT2D eigenvalue weighted by Crippen LogP contribution is 2.34. The molecular formula is C11H13F3N2O. The molecule has 1 saturated heterocycles. The fourth-order valence-corrected chi connectivity index (χ4v) is 1.88. The molecule has 0 spiro atoms. The van der Waals surface area contributed by atoms with Gasteiger partial charge in [0.05, 0.1) is 5.56 Å². The number of hydrogen-bond acceptors (Lipinski definition) is 3. The SMILES string of the molecule is Oc1ccc(C(F)(F)F)cc1[C@@H]1CNCCN1. The van der Waals surface area contributed by atoms with Crippen LogP contribution in [0, 0.1) is 0 Å². The number of halogens is 3. The summed E-state index contributed by atoms with van der Waals surface area (Å²) < 4.78 is 37.6. The molecule has 1 aliphatic rings. The first-order valence-electron chi connectivity index (χ1n) is 5.32. The third-order valence-electron chi connectivity index (χ3n) is 2.77. The molecule has 0 unspecified atom stereocenters. The van der Waals surface area contributed by atoms with Crippen LogP contribution in [0.25, 0.3) is 0 Å². The maximum Gasteiger partial charge on any atom is 0.416 e. The second-order valence-corrected chi connectivity index (χ2v) is 3.98. The summed E-state index contributed by atoms with van der Waals surface area (Å²) in [6, 6.07) is 2.69. The van der Waals surface area contributed by atoms with Gasteiger partial charge < -0.3 is 15.7 Å². The van der Waals surface area contributed by atoms with Crippen LogP contribution >= 0.6 is 0 Å². The van der Waals surface area contributed by atoms with Crippen LogP contribution in [0.15, 0.2) is 18.2 Å². The zero-order chi connectivity index (χ0) is 12.5. The van der Waals surface area contributed by atoms with Gasteiger partial charge in [-0.1, -0.05) is 0 Å². The first kappa shape index (κ1) is 12.2. The van der Waals surface area contributed by atoms with Gasteiger partial charge in [-0.3, -0.25) is 0 Å². The molecule has 0 saturated carbocycles. The summed E-state index contributed by atoms with van der Waals surface area (Å²) in [5.41, 5.74) is -0.454. The number of hydrogen-bond donors (Lipinski definition) is 3. The standard InChI is InChI=1S/C11H13F3N2O/c12-11(13,14)7-1-2-10(17)8(5-7)9-6-15-3-4-16-9/h1-2,5,9,15-17H,3-4,6H2/t9-/m0/s1. The molecular weight excluding hydrogens is 233 g/mol.